The molecule has 1 aromatic carbocycles. The Bertz CT molecular complexity index is 312. The number of hydrogen-bond acceptors (Lipinski definition) is 2. The lowest BCUT2D eigenvalue weighted by molar-refractivity contribution is 0.184. The number of methoxy groups -OCH3 is 1. The van der Waals surface area contributed by atoms with E-state index in [9.17, 15) is 0 Å². The molecule has 1 rings (SSSR count). The van der Waals surface area contributed by atoms with E-state index in [2.05, 4.69) is 53.3 Å². The monoisotopic (exact) mass is 271 g/mol. The van der Waals surface area contributed by atoms with Gasteiger partial charge in [-0.25, -0.2) is 0 Å². The molecule has 0 fully saturated rings. The maximum Gasteiger partial charge on any atom is 0.0724 e. The first-order chi connectivity index (χ1) is 7.13. The van der Waals surface area contributed by atoms with Gasteiger partial charge in [0.2, 0.25) is 0 Å². The van der Waals surface area contributed by atoms with Crippen molar-refractivity contribution in [3.63, 3.8) is 0 Å². The van der Waals surface area contributed by atoms with E-state index in [1.54, 1.807) is 7.11 Å². The fourth-order valence-corrected chi connectivity index (χ4v) is 1.84. The second kappa shape index (κ2) is 6.26. The maximum atomic E-state index is 5.10. The summed E-state index contributed by atoms with van der Waals surface area (Å²) in [6.07, 6.45) is 0. The summed E-state index contributed by atoms with van der Waals surface area (Å²) in [5, 5.41) is 3.39. The third-order valence-corrected chi connectivity index (χ3v) is 2.87. The molecule has 0 saturated heterocycles. The second-order valence-corrected chi connectivity index (χ2v) is 4.75. The van der Waals surface area contributed by atoms with Crippen LogP contribution in [0.5, 0.6) is 0 Å². The lowest BCUT2D eigenvalue weighted by atomic mass is 10.1. The van der Waals surface area contributed by atoms with Gasteiger partial charge in [0.25, 0.3) is 0 Å². The Morgan fingerprint density at radius 3 is 2.67 bits per heavy atom. The zero-order chi connectivity index (χ0) is 11.3. The van der Waals surface area contributed by atoms with Crippen LogP contribution in [0.2, 0.25) is 0 Å². The van der Waals surface area contributed by atoms with Crippen molar-refractivity contribution in [2.45, 2.75) is 33.0 Å². The van der Waals surface area contributed by atoms with Crippen LogP contribution in [0, 0.1) is 0 Å². The molecule has 1 N–H and O–H groups in total. The Labute approximate surface area is 100 Å². The molecule has 0 saturated carbocycles. The Morgan fingerprint density at radius 1 is 1.40 bits per heavy atom. The first-order valence-corrected chi connectivity index (χ1v) is 5.92. The van der Waals surface area contributed by atoms with Crippen LogP contribution < -0.4 is 5.32 Å². The summed E-state index contributed by atoms with van der Waals surface area (Å²) < 4.78 is 6.22. The number of rotatable bonds is 5. The van der Waals surface area contributed by atoms with Crippen LogP contribution in [-0.4, -0.2) is 13.2 Å². The molecule has 84 valence electrons. The van der Waals surface area contributed by atoms with Gasteiger partial charge in [-0.3, -0.25) is 0 Å². The van der Waals surface area contributed by atoms with Gasteiger partial charge in [0.15, 0.2) is 0 Å². The highest BCUT2D eigenvalue weighted by molar-refractivity contribution is 9.10. The van der Waals surface area contributed by atoms with Gasteiger partial charge in [-0.15, -0.1) is 0 Å². The van der Waals surface area contributed by atoms with Gasteiger partial charge in [-0.2, -0.15) is 0 Å². The van der Waals surface area contributed by atoms with Crippen LogP contribution in [0.1, 0.15) is 25.0 Å². The van der Waals surface area contributed by atoms with Crippen LogP contribution in [0.4, 0.5) is 0 Å². The summed E-state index contributed by atoms with van der Waals surface area (Å²) in [4.78, 5) is 0. The molecule has 0 unspecified atom stereocenters. The van der Waals surface area contributed by atoms with Gasteiger partial charge in [-0.05, 0) is 17.2 Å². The average molecular weight is 272 g/mol. The highest BCUT2D eigenvalue weighted by Gasteiger charge is 2.01. The third kappa shape index (κ3) is 4.33. The molecule has 0 radical (unpaired) electrons. The largest absolute Gasteiger partial charge is 0.380 e. The number of hydrogen-bond donors (Lipinski definition) is 1. The van der Waals surface area contributed by atoms with E-state index in [-0.39, 0.29) is 0 Å². The predicted octanol–water partition coefficient (Wildman–Crippen LogP) is 3.09. The van der Waals surface area contributed by atoms with Crippen LogP contribution in [0.3, 0.4) is 0 Å². The zero-order valence-corrected chi connectivity index (χ0v) is 11.1. The second-order valence-electron chi connectivity index (χ2n) is 3.89. The van der Waals surface area contributed by atoms with Crippen molar-refractivity contribution in [3.8, 4) is 0 Å². The minimum Gasteiger partial charge on any atom is -0.380 e. The molecular weight excluding hydrogens is 254 g/mol. The van der Waals surface area contributed by atoms with Gasteiger partial charge in [-0.1, -0.05) is 41.9 Å². The van der Waals surface area contributed by atoms with Crippen molar-refractivity contribution in [1.29, 1.82) is 0 Å². The first kappa shape index (κ1) is 12.7. The van der Waals surface area contributed by atoms with Crippen molar-refractivity contribution in [2.24, 2.45) is 0 Å². The van der Waals surface area contributed by atoms with Crippen LogP contribution in [-0.2, 0) is 17.9 Å². The summed E-state index contributed by atoms with van der Waals surface area (Å²) >= 11 is 3.55. The lowest BCUT2D eigenvalue weighted by Gasteiger charge is -2.10. The van der Waals surface area contributed by atoms with Gasteiger partial charge >= 0.3 is 0 Å². The Balaban J connectivity index is 2.64. The van der Waals surface area contributed by atoms with E-state index in [0.29, 0.717) is 12.6 Å². The Kier molecular flexibility index (Phi) is 5.29. The summed E-state index contributed by atoms with van der Waals surface area (Å²) in [5.41, 5.74) is 2.47. The summed E-state index contributed by atoms with van der Waals surface area (Å²) in [7, 11) is 1.71. The summed E-state index contributed by atoms with van der Waals surface area (Å²) in [6.45, 7) is 5.85. The van der Waals surface area contributed by atoms with E-state index in [1.165, 1.54) is 11.1 Å². The predicted molar refractivity (Wildman–Crippen MR) is 66.8 cm³/mol. The quantitative estimate of drug-likeness (QED) is 0.889. The molecule has 15 heavy (non-hydrogen) atoms. The van der Waals surface area contributed by atoms with Crippen molar-refractivity contribution >= 4 is 15.9 Å². The maximum absolute atomic E-state index is 5.10. The average Bonchev–Trinajstić information content (AvgIpc) is 2.19. The normalized spacial score (nSPS) is 11.0. The molecule has 0 aliphatic carbocycles. The lowest BCUT2D eigenvalue weighted by Crippen LogP contribution is -2.21. The van der Waals surface area contributed by atoms with Crippen molar-refractivity contribution in [3.05, 3.63) is 33.8 Å². The number of halogens is 1. The molecular formula is C12H18BrNO. The molecule has 0 atom stereocenters. The van der Waals surface area contributed by atoms with Crippen LogP contribution >= 0.6 is 15.9 Å². The molecule has 0 amide bonds. The van der Waals surface area contributed by atoms with Gasteiger partial charge < -0.3 is 10.1 Å². The van der Waals surface area contributed by atoms with Crippen LogP contribution in [0.25, 0.3) is 0 Å². The third-order valence-electron chi connectivity index (χ3n) is 2.13. The molecule has 0 aromatic heterocycles. The minimum absolute atomic E-state index is 0.516. The number of nitrogens with one attached hydrogen (secondary N) is 1. The topological polar surface area (TPSA) is 21.3 Å². The van der Waals surface area contributed by atoms with E-state index in [1.807, 2.05) is 0 Å². The van der Waals surface area contributed by atoms with Gasteiger partial charge in [0.05, 0.1) is 6.61 Å². The SMILES string of the molecule is COCc1ccc(CNC(C)C)cc1Br. The van der Waals surface area contributed by atoms with E-state index < -0.39 is 0 Å². The first-order valence-electron chi connectivity index (χ1n) is 5.13. The molecule has 3 heteroatoms. The molecule has 0 spiro atoms. The molecule has 0 aliphatic heterocycles. The van der Waals surface area contributed by atoms with Crippen molar-refractivity contribution < 1.29 is 4.74 Å². The highest BCUT2D eigenvalue weighted by Crippen LogP contribution is 2.19. The van der Waals surface area contributed by atoms with Crippen molar-refractivity contribution in [2.75, 3.05) is 7.11 Å². The standard InChI is InChI=1S/C12H18BrNO/c1-9(2)14-7-10-4-5-11(8-15-3)12(13)6-10/h4-6,9,14H,7-8H2,1-3H3. The number of ether oxygens (including phenoxy) is 1. The smallest absolute Gasteiger partial charge is 0.0724 e. The van der Waals surface area contributed by atoms with Crippen LogP contribution in [0.15, 0.2) is 22.7 Å². The molecule has 0 aliphatic rings. The summed E-state index contributed by atoms with van der Waals surface area (Å²) in [5.74, 6) is 0. The van der Waals surface area contributed by atoms with E-state index >= 15 is 0 Å². The molecule has 2 nitrogen and oxygen atoms in total. The fourth-order valence-electron chi connectivity index (χ4n) is 1.30. The highest BCUT2D eigenvalue weighted by atomic mass is 79.9. The number of benzene rings is 1. The molecule has 1 aromatic rings. The minimum atomic E-state index is 0.516. The Morgan fingerprint density at radius 2 is 2.13 bits per heavy atom. The fraction of sp³-hybridized carbons (Fsp3) is 0.500. The zero-order valence-electron chi connectivity index (χ0n) is 9.51. The Hall–Kier alpha value is -0.380. The van der Waals surface area contributed by atoms with Gasteiger partial charge in [0, 0.05) is 24.2 Å². The molecule has 0 heterocycles. The van der Waals surface area contributed by atoms with Gasteiger partial charge in [0.1, 0.15) is 0 Å². The van der Waals surface area contributed by atoms with E-state index in [0.717, 1.165) is 11.0 Å². The molecule has 0 bridgehead atoms. The van der Waals surface area contributed by atoms with Crippen molar-refractivity contribution in [1.82, 2.24) is 5.32 Å². The van der Waals surface area contributed by atoms with E-state index in [4.69, 9.17) is 4.74 Å². The summed E-state index contributed by atoms with van der Waals surface area (Å²) in [6, 6.07) is 6.89.